The van der Waals surface area contributed by atoms with E-state index in [0.717, 1.165) is 17.7 Å². The fourth-order valence-electron chi connectivity index (χ4n) is 1.86. The molecule has 0 heterocycles. The van der Waals surface area contributed by atoms with Crippen LogP contribution in [0.25, 0.3) is 0 Å². The number of hydrogen-bond acceptors (Lipinski definition) is 3. The summed E-state index contributed by atoms with van der Waals surface area (Å²) >= 11 is 0. The maximum Gasteiger partial charge on any atom is 0.314 e. The third-order valence-corrected chi connectivity index (χ3v) is 3.09. The van der Waals surface area contributed by atoms with E-state index in [1.165, 1.54) is 0 Å². The number of hydrogen-bond donors (Lipinski definition) is 3. The molecule has 0 spiro atoms. The lowest BCUT2D eigenvalue weighted by molar-refractivity contribution is -0.137. The summed E-state index contributed by atoms with van der Waals surface area (Å²) in [6.45, 7) is 4.73. The second kappa shape index (κ2) is 9.65. The van der Waals surface area contributed by atoms with E-state index in [-0.39, 0.29) is 18.6 Å². The number of amides is 2. The number of ether oxygens (including phenoxy) is 1. The first kappa shape index (κ1) is 17.8. The van der Waals surface area contributed by atoms with Gasteiger partial charge in [0.1, 0.15) is 11.9 Å². The predicted molar refractivity (Wildman–Crippen MR) is 84.2 cm³/mol. The molecule has 0 radical (unpaired) electrons. The Morgan fingerprint density at radius 2 is 2.09 bits per heavy atom. The van der Waals surface area contributed by atoms with Gasteiger partial charge >= 0.3 is 12.0 Å². The standard InChI is InChI=1S/C16H24N2O4/c1-3-13(22-14-7-4-6-12(2)10-14)11-18-16(21)17-9-5-8-15(19)20/h4,6-7,10,13H,3,5,8-9,11H2,1-2H3,(H,19,20)(H2,17,18,21). The van der Waals surface area contributed by atoms with Gasteiger partial charge in [-0.25, -0.2) is 4.79 Å². The normalized spacial score (nSPS) is 11.5. The van der Waals surface area contributed by atoms with E-state index >= 15 is 0 Å². The van der Waals surface area contributed by atoms with Crippen molar-refractivity contribution in [2.24, 2.45) is 0 Å². The number of urea groups is 1. The zero-order chi connectivity index (χ0) is 16.4. The average molecular weight is 308 g/mol. The number of carbonyl (C=O) groups excluding carboxylic acids is 1. The van der Waals surface area contributed by atoms with E-state index in [2.05, 4.69) is 10.6 Å². The van der Waals surface area contributed by atoms with Crippen LogP contribution in [-0.2, 0) is 4.79 Å². The van der Waals surface area contributed by atoms with Gasteiger partial charge in [0.25, 0.3) is 0 Å². The largest absolute Gasteiger partial charge is 0.489 e. The lowest BCUT2D eigenvalue weighted by atomic mass is 10.2. The van der Waals surface area contributed by atoms with Crippen molar-refractivity contribution in [3.8, 4) is 5.75 Å². The molecular formula is C16H24N2O4. The highest BCUT2D eigenvalue weighted by molar-refractivity contribution is 5.73. The lowest BCUT2D eigenvalue weighted by Crippen LogP contribution is -2.41. The van der Waals surface area contributed by atoms with E-state index in [1.807, 2.05) is 38.1 Å². The van der Waals surface area contributed by atoms with Gasteiger partial charge in [0.2, 0.25) is 0 Å². The quantitative estimate of drug-likeness (QED) is 0.611. The molecule has 0 aliphatic rings. The number of aliphatic carboxylic acids is 1. The fraction of sp³-hybridized carbons (Fsp3) is 0.500. The summed E-state index contributed by atoms with van der Waals surface area (Å²) in [5.74, 6) is -0.0738. The molecule has 6 nitrogen and oxygen atoms in total. The third kappa shape index (κ3) is 7.52. The van der Waals surface area contributed by atoms with Gasteiger partial charge < -0.3 is 20.5 Å². The zero-order valence-electron chi connectivity index (χ0n) is 13.1. The Labute approximate surface area is 130 Å². The van der Waals surface area contributed by atoms with Gasteiger partial charge in [-0.15, -0.1) is 0 Å². The molecule has 2 amide bonds. The Bertz CT molecular complexity index is 491. The molecule has 0 aliphatic heterocycles. The van der Waals surface area contributed by atoms with Crippen molar-refractivity contribution in [2.45, 2.75) is 39.2 Å². The number of carboxylic acids is 1. The van der Waals surface area contributed by atoms with Crippen molar-refractivity contribution in [2.75, 3.05) is 13.1 Å². The third-order valence-electron chi connectivity index (χ3n) is 3.09. The molecule has 1 unspecified atom stereocenters. The molecule has 0 fully saturated rings. The van der Waals surface area contributed by atoms with Crippen LogP contribution < -0.4 is 15.4 Å². The Hall–Kier alpha value is -2.24. The van der Waals surface area contributed by atoms with Gasteiger partial charge in [-0.1, -0.05) is 19.1 Å². The second-order valence-electron chi connectivity index (χ2n) is 5.10. The van der Waals surface area contributed by atoms with Crippen molar-refractivity contribution in [1.29, 1.82) is 0 Å². The highest BCUT2D eigenvalue weighted by Crippen LogP contribution is 2.15. The van der Waals surface area contributed by atoms with Crippen molar-refractivity contribution in [3.05, 3.63) is 29.8 Å². The predicted octanol–water partition coefficient (Wildman–Crippen LogP) is 2.32. The van der Waals surface area contributed by atoms with Crippen molar-refractivity contribution < 1.29 is 19.4 Å². The Kier molecular flexibility index (Phi) is 7.81. The molecular weight excluding hydrogens is 284 g/mol. The van der Waals surface area contributed by atoms with Gasteiger partial charge in [-0.05, 0) is 37.5 Å². The van der Waals surface area contributed by atoms with Crippen LogP contribution >= 0.6 is 0 Å². The molecule has 0 saturated heterocycles. The first-order valence-corrected chi connectivity index (χ1v) is 7.48. The van der Waals surface area contributed by atoms with Gasteiger partial charge in [0.15, 0.2) is 0 Å². The topological polar surface area (TPSA) is 87.7 Å². The summed E-state index contributed by atoms with van der Waals surface area (Å²) in [5, 5.41) is 13.9. The molecule has 1 atom stereocenters. The maximum absolute atomic E-state index is 11.6. The van der Waals surface area contributed by atoms with Gasteiger partial charge in [0.05, 0.1) is 6.54 Å². The molecule has 0 aromatic heterocycles. The van der Waals surface area contributed by atoms with Gasteiger partial charge in [0, 0.05) is 13.0 Å². The van der Waals surface area contributed by atoms with E-state index in [9.17, 15) is 9.59 Å². The first-order valence-electron chi connectivity index (χ1n) is 7.48. The smallest absolute Gasteiger partial charge is 0.314 e. The summed E-state index contributed by atoms with van der Waals surface area (Å²) in [4.78, 5) is 21.9. The summed E-state index contributed by atoms with van der Waals surface area (Å²) in [5.41, 5.74) is 1.12. The molecule has 0 aliphatic carbocycles. The molecule has 22 heavy (non-hydrogen) atoms. The number of carboxylic acid groups (broad SMARTS) is 1. The molecule has 1 rings (SSSR count). The minimum atomic E-state index is -0.861. The minimum Gasteiger partial charge on any atom is -0.489 e. The average Bonchev–Trinajstić information content (AvgIpc) is 2.47. The van der Waals surface area contributed by atoms with E-state index < -0.39 is 5.97 Å². The number of carbonyl (C=O) groups is 2. The van der Waals surface area contributed by atoms with Crippen LogP contribution in [0.2, 0.25) is 0 Å². The highest BCUT2D eigenvalue weighted by Gasteiger charge is 2.10. The number of benzene rings is 1. The maximum atomic E-state index is 11.6. The van der Waals surface area contributed by atoms with Crippen LogP contribution in [0.4, 0.5) is 4.79 Å². The van der Waals surface area contributed by atoms with Gasteiger partial charge in [-0.2, -0.15) is 0 Å². The van der Waals surface area contributed by atoms with Crippen LogP contribution in [0.5, 0.6) is 5.75 Å². The monoisotopic (exact) mass is 308 g/mol. The Balaban J connectivity index is 2.28. The van der Waals surface area contributed by atoms with Crippen molar-refractivity contribution in [1.82, 2.24) is 10.6 Å². The van der Waals surface area contributed by atoms with Crippen LogP contribution in [-0.4, -0.2) is 36.3 Å². The summed E-state index contributed by atoms with van der Waals surface area (Å²) in [6, 6.07) is 7.46. The Morgan fingerprint density at radius 1 is 1.32 bits per heavy atom. The summed E-state index contributed by atoms with van der Waals surface area (Å²) in [6.07, 6.45) is 1.13. The van der Waals surface area contributed by atoms with Crippen LogP contribution in [0.3, 0.4) is 0 Å². The molecule has 6 heteroatoms. The van der Waals surface area contributed by atoms with Gasteiger partial charge in [-0.3, -0.25) is 4.79 Å². The molecule has 1 aromatic carbocycles. The summed E-state index contributed by atoms with van der Waals surface area (Å²) in [7, 11) is 0. The van der Waals surface area contributed by atoms with Crippen LogP contribution in [0.1, 0.15) is 31.7 Å². The SMILES string of the molecule is CCC(CNC(=O)NCCCC(=O)O)Oc1cccc(C)c1. The number of rotatable bonds is 9. The molecule has 3 N–H and O–H groups in total. The van der Waals surface area contributed by atoms with Crippen molar-refractivity contribution in [3.63, 3.8) is 0 Å². The van der Waals surface area contributed by atoms with E-state index in [1.54, 1.807) is 0 Å². The minimum absolute atomic E-state index is 0.0499. The van der Waals surface area contributed by atoms with Crippen LogP contribution in [0, 0.1) is 6.92 Å². The van der Waals surface area contributed by atoms with E-state index in [0.29, 0.717) is 19.5 Å². The van der Waals surface area contributed by atoms with Crippen LogP contribution in [0.15, 0.2) is 24.3 Å². The number of nitrogens with one attached hydrogen (secondary N) is 2. The van der Waals surface area contributed by atoms with Crippen molar-refractivity contribution >= 4 is 12.0 Å². The van der Waals surface area contributed by atoms with E-state index in [4.69, 9.17) is 9.84 Å². The lowest BCUT2D eigenvalue weighted by Gasteiger charge is -2.18. The zero-order valence-corrected chi connectivity index (χ0v) is 13.1. The molecule has 122 valence electrons. The molecule has 1 aromatic rings. The summed E-state index contributed by atoms with van der Waals surface area (Å²) < 4.78 is 5.83. The Morgan fingerprint density at radius 3 is 2.73 bits per heavy atom. The fourth-order valence-corrected chi connectivity index (χ4v) is 1.86. The first-order chi connectivity index (χ1) is 10.5. The molecule has 0 saturated carbocycles. The second-order valence-corrected chi connectivity index (χ2v) is 5.10. The highest BCUT2D eigenvalue weighted by atomic mass is 16.5. The molecule has 0 bridgehead atoms. The number of aryl methyl sites for hydroxylation is 1.